The molecule has 186 valence electrons. The summed E-state index contributed by atoms with van der Waals surface area (Å²) in [6.07, 6.45) is -5.08. The second kappa shape index (κ2) is 8.29. The van der Waals surface area contributed by atoms with Crippen LogP contribution in [-0.4, -0.2) is 34.8 Å². The summed E-state index contributed by atoms with van der Waals surface area (Å²) < 4.78 is 81.2. The molecular weight excluding hydrogens is 477 g/mol. The Bertz CT molecular complexity index is 1390. The van der Waals surface area contributed by atoms with Crippen LogP contribution in [0, 0.1) is 17.6 Å². The molecule has 1 saturated heterocycles. The van der Waals surface area contributed by atoms with Crippen molar-refractivity contribution in [2.75, 3.05) is 7.11 Å². The predicted octanol–water partition coefficient (Wildman–Crippen LogP) is 4.12. The van der Waals surface area contributed by atoms with Crippen molar-refractivity contribution < 1.29 is 36.2 Å². The van der Waals surface area contributed by atoms with Crippen molar-refractivity contribution in [1.82, 2.24) is 9.97 Å². The summed E-state index contributed by atoms with van der Waals surface area (Å²) in [5.74, 6) is -6.19. The number of carbonyl (C=O) groups is 1. The maximum atomic E-state index is 14.2. The van der Waals surface area contributed by atoms with Crippen LogP contribution in [0.3, 0.4) is 0 Å². The SMILES string of the molecule is COc1cc(F)c(F)cc1[C@@H]1[C@@H](c2cc(=O)c3c(C(N)=O)nccc3[nH]2)O[C@](C)(C(F)(F)F)[C@@H]1C. The van der Waals surface area contributed by atoms with E-state index in [0.717, 1.165) is 25.1 Å². The number of aromatic nitrogens is 2. The highest BCUT2D eigenvalue weighted by Gasteiger charge is 2.65. The van der Waals surface area contributed by atoms with Crippen LogP contribution in [0.1, 0.15) is 47.6 Å². The lowest BCUT2D eigenvalue weighted by atomic mass is 9.76. The summed E-state index contributed by atoms with van der Waals surface area (Å²) in [4.78, 5) is 31.2. The van der Waals surface area contributed by atoms with Crippen LogP contribution in [-0.2, 0) is 4.74 Å². The van der Waals surface area contributed by atoms with Gasteiger partial charge in [-0.1, -0.05) is 6.92 Å². The number of aromatic amines is 1. The second-order valence-electron chi connectivity index (χ2n) is 8.50. The van der Waals surface area contributed by atoms with Crippen LogP contribution in [0.5, 0.6) is 5.75 Å². The van der Waals surface area contributed by atoms with Gasteiger partial charge < -0.3 is 20.2 Å². The number of methoxy groups -OCH3 is 1. The summed E-state index contributed by atoms with van der Waals surface area (Å²) in [5.41, 5.74) is 1.49. The number of nitrogens with two attached hydrogens (primary N) is 1. The Morgan fingerprint density at radius 3 is 2.49 bits per heavy atom. The molecule has 2 aromatic heterocycles. The monoisotopic (exact) mass is 497 g/mol. The zero-order valence-corrected chi connectivity index (χ0v) is 18.7. The lowest BCUT2D eigenvalue weighted by molar-refractivity contribution is -0.275. The summed E-state index contributed by atoms with van der Waals surface area (Å²) in [6.45, 7) is 2.12. The number of nitrogens with one attached hydrogen (secondary N) is 1. The first-order valence-electron chi connectivity index (χ1n) is 10.4. The van der Waals surface area contributed by atoms with Gasteiger partial charge >= 0.3 is 6.18 Å². The van der Waals surface area contributed by atoms with E-state index in [0.29, 0.717) is 0 Å². The van der Waals surface area contributed by atoms with Crippen LogP contribution in [0.4, 0.5) is 22.0 Å². The second-order valence-corrected chi connectivity index (χ2v) is 8.50. The average Bonchev–Trinajstić information content (AvgIpc) is 3.06. The number of H-pyrrole nitrogens is 1. The van der Waals surface area contributed by atoms with Crippen molar-refractivity contribution in [2.24, 2.45) is 11.7 Å². The number of hydrogen-bond acceptors (Lipinski definition) is 5. The van der Waals surface area contributed by atoms with Gasteiger partial charge in [-0.25, -0.2) is 8.78 Å². The number of nitrogens with zero attached hydrogens (tertiary/aromatic N) is 1. The van der Waals surface area contributed by atoms with Gasteiger partial charge in [-0.05, 0) is 19.1 Å². The molecule has 0 bridgehead atoms. The number of ether oxygens (including phenoxy) is 2. The molecule has 0 radical (unpaired) electrons. The predicted molar refractivity (Wildman–Crippen MR) is 114 cm³/mol. The molecule has 3 N–H and O–H groups in total. The van der Waals surface area contributed by atoms with E-state index in [1.807, 2.05) is 0 Å². The zero-order chi connectivity index (χ0) is 25.9. The van der Waals surface area contributed by atoms with Gasteiger partial charge in [-0.3, -0.25) is 14.6 Å². The van der Waals surface area contributed by atoms with Crippen LogP contribution >= 0.6 is 0 Å². The van der Waals surface area contributed by atoms with E-state index >= 15 is 0 Å². The van der Waals surface area contributed by atoms with Gasteiger partial charge in [0.05, 0.1) is 18.0 Å². The molecule has 0 saturated carbocycles. The molecule has 7 nitrogen and oxygen atoms in total. The topological polar surface area (TPSA) is 107 Å². The minimum absolute atomic E-state index is 0.0645. The fourth-order valence-electron chi connectivity index (χ4n) is 4.61. The molecule has 1 aliphatic heterocycles. The van der Waals surface area contributed by atoms with Crippen molar-refractivity contribution in [1.29, 1.82) is 0 Å². The summed E-state index contributed by atoms with van der Waals surface area (Å²) in [6, 6.07) is 3.84. The number of alkyl halides is 3. The summed E-state index contributed by atoms with van der Waals surface area (Å²) in [5, 5.41) is -0.143. The highest BCUT2D eigenvalue weighted by Crippen LogP contribution is 2.59. The van der Waals surface area contributed by atoms with Crippen LogP contribution in [0.15, 0.2) is 35.3 Å². The lowest BCUT2D eigenvalue weighted by Crippen LogP contribution is -2.46. The van der Waals surface area contributed by atoms with Gasteiger partial charge in [-0.2, -0.15) is 13.2 Å². The number of hydrogen-bond donors (Lipinski definition) is 2. The Labute approximate surface area is 195 Å². The molecule has 0 unspecified atom stereocenters. The molecule has 1 fully saturated rings. The smallest absolute Gasteiger partial charge is 0.417 e. The Morgan fingerprint density at radius 2 is 1.89 bits per heavy atom. The molecule has 1 aliphatic rings. The maximum absolute atomic E-state index is 14.2. The third-order valence-electron chi connectivity index (χ3n) is 6.60. The zero-order valence-electron chi connectivity index (χ0n) is 18.7. The van der Waals surface area contributed by atoms with Gasteiger partial charge in [0.15, 0.2) is 22.7 Å². The van der Waals surface area contributed by atoms with Crippen molar-refractivity contribution in [3.8, 4) is 5.75 Å². The first-order chi connectivity index (χ1) is 16.3. The summed E-state index contributed by atoms with van der Waals surface area (Å²) >= 11 is 0. The molecule has 1 amide bonds. The third kappa shape index (κ3) is 3.81. The molecule has 3 heterocycles. The first-order valence-corrected chi connectivity index (χ1v) is 10.4. The molecule has 3 aromatic rings. The average molecular weight is 497 g/mol. The minimum Gasteiger partial charge on any atom is -0.496 e. The van der Waals surface area contributed by atoms with E-state index in [1.165, 1.54) is 26.3 Å². The molecule has 35 heavy (non-hydrogen) atoms. The number of benzene rings is 1. The number of rotatable bonds is 4. The van der Waals surface area contributed by atoms with Crippen LogP contribution in [0.25, 0.3) is 10.9 Å². The minimum atomic E-state index is -4.84. The molecule has 12 heteroatoms. The Balaban J connectivity index is 1.98. The van der Waals surface area contributed by atoms with Crippen molar-refractivity contribution >= 4 is 16.8 Å². The van der Waals surface area contributed by atoms with E-state index in [9.17, 15) is 31.5 Å². The largest absolute Gasteiger partial charge is 0.496 e. The number of amides is 1. The molecule has 1 aromatic carbocycles. The molecular formula is C23H20F5N3O4. The fraction of sp³-hybridized carbons (Fsp3) is 0.348. The maximum Gasteiger partial charge on any atom is 0.417 e. The molecule has 0 aliphatic carbocycles. The van der Waals surface area contributed by atoms with Gasteiger partial charge in [0.1, 0.15) is 17.5 Å². The van der Waals surface area contributed by atoms with Gasteiger partial charge in [0, 0.05) is 41.4 Å². The van der Waals surface area contributed by atoms with Crippen LogP contribution in [0.2, 0.25) is 0 Å². The third-order valence-corrected chi connectivity index (χ3v) is 6.60. The number of pyridine rings is 2. The van der Waals surface area contributed by atoms with E-state index in [2.05, 4.69) is 9.97 Å². The fourth-order valence-corrected chi connectivity index (χ4v) is 4.61. The standard InChI is InChI=1S/C23H20F5N3O4/c1-9-17(10-6-11(24)12(25)7-16(10)34-3)20(35-22(9,2)23(26,27)28)14-8-15(32)18-13(31-14)4-5-30-19(18)21(29)33/h4-9,17,20H,1-3H3,(H2,29,33)(H,31,32)/t9-,17-,20-,22+/m1/s1. The van der Waals surface area contributed by atoms with Gasteiger partial charge in [-0.15, -0.1) is 0 Å². The van der Waals surface area contributed by atoms with Crippen molar-refractivity contribution in [2.45, 2.75) is 37.6 Å². The molecule has 4 atom stereocenters. The normalized spacial score (nSPS) is 24.6. The highest BCUT2D eigenvalue weighted by molar-refractivity contribution is 6.03. The number of carbonyl (C=O) groups excluding carboxylic acids is 1. The van der Waals surface area contributed by atoms with Gasteiger partial charge in [0.2, 0.25) is 0 Å². The molecule has 0 spiro atoms. The van der Waals surface area contributed by atoms with Crippen LogP contribution < -0.4 is 15.9 Å². The Kier molecular flexibility index (Phi) is 5.82. The summed E-state index contributed by atoms with van der Waals surface area (Å²) in [7, 11) is 1.17. The molecule has 4 rings (SSSR count). The van der Waals surface area contributed by atoms with E-state index < -0.39 is 52.7 Å². The number of fused-ring (bicyclic) bond motifs is 1. The lowest BCUT2D eigenvalue weighted by Gasteiger charge is -2.32. The van der Waals surface area contributed by atoms with Crippen molar-refractivity contribution in [3.63, 3.8) is 0 Å². The van der Waals surface area contributed by atoms with E-state index in [-0.39, 0.29) is 33.6 Å². The first kappa shape index (κ1) is 24.6. The van der Waals surface area contributed by atoms with Gasteiger partial charge in [0.25, 0.3) is 5.91 Å². The Morgan fingerprint density at radius 1 is 1.23 bits per heavy atom. The van der Waals surface area contributed by atoms with E-state index in [1.54, 1.807) is 0 Å². The van der Waals surface area contributed by atoms with Crippen molar-refractivity contribution in [3.05, 3.63) is 69.3 Å². The highest BCUT2D eigenvalue weighted by atomic mass is 19.4. The Hall–Kier alpha value is -3.54. The number of halogens is 5. The quantitative estimate of drug-likeness (QED) is 0.528. The van der Waals surface area contributed by atoms with E-state index in [4.69, 9.17) is 15.2 Å². The number of primary amides is 1.